The molecule has 0 unspecified atom stereocenters. The van der Waals surface area contributed by atoms with Gasteiger partial charge in [-0.1, -0.05) is 37.3 Å². The van der Waals surface area contributed by atoms with Gasteiger partial charge in [0, 0.05) is 0 Å². The summed E-state index contributed by atoms with van der Waals surface area (Å²) >= 11 is 0. The topological polar surface area (TPSA) is 80.3 Å². The Morgan fingerprint density at radius 3 is 1.71 bits per heavy atom. The lowest BCUT2D eigenvalue weighted by atomic mass is 10.2. The van der Waals surface area contributed by atoms with Crippen molar-refractivity contribution in [1.29, 1.82) is 0 Å². The lowest BCUT2D eigenvalue weighted by Crippen LogP contribution is -2.30. The second-order valence-electron chi connectivity index (χ2n) is 4.40. The molecular weight excluding hydrogens is 310 g/mol. The molecule has 0 aliphatic carbocycles. The molecule has 0 aliphatic rings. The van der Waals surface area contributed by atoms with Crippen molar-refractivity contribution in [3.8, 4) is 0 Å². The summed E-state index contributed by atoms with van der Waals surface area (Å²) in [5, 5.41) is 0. The fourth-order valence-electron chi connectivity index (χ4n) is 1.74. The highest BCUT2D eigenvalue weighted by Gasteiger charge is 2.24. The van der Waals surface area contributed by atoms with Gasteiger partial charge in [0.2, 0.25) is 0 Å². The number of benzene rings is 2. The minimum Gasteiger partial charge on any atom is -0.206 e. The molecule has 2 rings (SSSR count). The smallest absolute Gasteiger partial charge is 0.206 e. The summed E-state index contributed by atoms with van der Waals surface area (Å²) in [5.74, 6) is 0. The second kappa shape index (κ2) is 5.97. The van der Waals surface area contributed by atoms with Crippen molar-refractivity contribution >= 4 is 20.0 Å². The number of rotatable bonds is 5. The zero-order valence-electron chi connectivity index (χ0n) is 11.4. The molecule has 0 aliphatic heterocycles. The van der Waals surface area contributed by atoms with Crippen LogP contribution in [0.5, 0.6) is 0 Å². The molecule has 0 spiro atoms. The van der Waals surface area contributed by atoms with E-state index in [1.54, 1.807) is 22.3 Å². The maximum absolute atomic E-state index is 12.1. The first-order valence-electron chi connectivity index (χ1n) is 6.28. The Hall–Kier alpha value is -1.70. The van der Waals surface area contributed by atoms with Gasteiger partial charge in [-0.3, -0.25) is 0 Å². The van der Waals surface area contributed by atoms with E-state index >= 15 is 0 Å². The van der Waals surface area contributed by atoms with Crippen LogP contribution in [-0.4, -0.2) is 16.8 Å². The highest BCUT2D eigenvalue weighted by Crippen LogP contribution is 2.15. The first kappa shape index (κ1) is 15.7. The van der Waals surface area contributed by atoms with Crippen LogP contribution in [0.2, 0.25) is 0 Å². The number of sulfonamides is 2. The van der Waals surface area contributed by atoms with Crippen molar-refractivity contribution in [2.45, 2.75) is 23.1 Å². The second-order valence-corrected chi connectivity index (χ2v) is 8.02. The molecule has 2 aromatic rings. The van der Waals surface area contributed by atoms with E-state index in [1.807, 2.05) is 6.92 Å². The van der Waals surface area contributed by atoms with E-state index in [-0.39, 0.29) is 9.79 Å². The van der Waals surface area contributed by atoms with Crippen molar-refractivity contribution in [2.75, 3.05) is 0 Å². The Labute approximate surface area is 124 Å². The molecule has 2 aromatic carbocycles. The van der Waals surface area contributed by atoms with Gasteiger partial charge in [0.1, 0.15) is 0 Å². The van der Waals surface area contributed by atoms with Crippen LogP contribution >= 0.6 is 0 Å². The average Bonchev–Trinajstić information content (AvgIpc) is 2.47. The van der Waals surface area contributed by atoms with Crippen LogP contribution in [0.3, 0.4) is 0 Å². The van der Waals surface area contributed by atoms with Crippen LogP contribution in [0.25, 0.3) is 0 Å². The third-order valence-corrected chi connectivity index (χ3v) is 6.46. The molecular formula is C14H15NO4S2. The van der Waals surface area contributed by atoms with E-state index < -0.39 is 20.0 Å². The van der Waals surface area contributed by atoms with Gasteiger partial charge in [-0.05, 0) is 36.2 Å². The first-order chi connectivity index (χ1) is 9.85. The van der Waals surface area contributed by atoms with E-state index in [0.717, 1.165) is 12.0 Å². The third kappa shape index (κ3) is 3.69. The molecule has 0 saturated heterocycles. The summed E-state index contributed by atoms with van der Waals surface area (Å²) in [4.78, 5) is -0.182. The molecule has 0 fully saturated rings. The summed E-state index contributed by atoms with van der Waals surface area (Å²) in [6.45, 7) is 1.95. The lowest BCUT2D eigenvalue weighted by Gasteiger charge is -2.08. The molecule has 112 valence electrons. The van der Waals surface area contributed by atoms with Gasteiger partial charge in [0.05, 0.1) is 9.79 Å². The molecule has 5 nitrogen and oxygen atoms in total. The normalized spacial score (nSPS) is 12.2. The van der Waals surface area contributed by atoms with Gasteiger partial charge in [0.25, 0.3) is 20.0 Å². The summed E-state index contributed by atoms with van der Waals surface area (Å²) in [6.07, 6.45) is 0.774. The van der Waals surface area contributed by atoms with Crippen molar-refractivity contribution in [3.63, 3.8) is 0 Å². The minimum absolute atomic E-state index is 0.0841. The van der Waals surface area contributed by atoms with Crippen molar-refractivity contribution in [3.05, 3.63) is 60.2 Å². The summed E-state index contributed by atoms with van der Waals surface area (Å²) < 4.78 is 50.1. The number of nitrogens with one attached hydrogen (secondary N) is 1. The molecule has 0 saturated carbocycles. The van der Waals surface area contributed by atoms with E-state index in [9.17, 15) is 16.8 Å². The van der Waals surface area contributed by atoms with Crippen LogP contribution in [0.15, 0.2) is 64.4 Å². The summed E-state index contributed by atoms with van der Waals surface area (Å²) in [7, 11) is -8.25. The van der Waals surface area contributed by atoms with E-state index in [4.69, 9.17) is 0 Å². The molecule has 0 atom stereocenters. The van der Waals surface area contributed by atoms with Crippen molar-refractivity contribution in [1.82, 2.24) is 4.13 Å². The standard InChI is InChI=1S/C14H15NO4S2/c1-2-12-8-10-14(11-9-12)21(18,19)15-20(16,17)13-6-4-3-5-7-13/h3-11,15H,2H2,1H3. The number of aryl methyl sites for hydroxylation is 1. The summed E-state index contributed by atoms with van der Waals surface area (Å²) in [6, 6.07) is 13.5. The van der Waals surface area contributed by atoms with E-state index in [2.05, 4.69) is 0 Å². The predicted molar refractivity (Wildman–Crippen MR) is 79.8 cm³/mol. The monoisotopic (exact) mass is 325 g/mol. The quantitative estimate of drug-likeness (QED) is 0.910. The van der Waals surface area contributed by atoms with E-state index in [1.165, 1.54) is 36.4 Å². The maximum atomic E-state index is 12.1. The lowest BCUT2D eigenvalue weighted by molar-refractivity contribution is 0.577. The van der Waals surface area contributed by atoms with Crippen molar-refractivity contribution < 1.29 is 16.8 Å². The zero-order chi connectivity index (χ0) is 15.5. The molecule has 7 heteroatoms. The highest BCUT2D eigenvalue weighted by atomic mass is 32.3. The van der Waals surface area contributed by atoms with Crippen LogP contribution in [0.4, 0.5) is 0 Å². The number of hydrogen-bond acceptors (Lipinski definition) is 4. The predicted octanol–water partition coefficient (Wildman–Crippen LogP) is 1.92. The molecule has 0 amide bonds. The number of hydrogen-bond donors (Lipinski definition) is 1. The Morgan fingerprint density at radius 1 is 0.762 bits per heavy atom. The van der Waals surface area contributed by atoms with Gasteiger partial charge < -0.3 is 0 Å². The SMILES string of the molecule is CCc1ccc(S(=O)(=O)NS(=O)(=O)c2ccccc2)cc1. The minimum atomic E-state index is -4.13. The molecule has 0 heterocycles. The Kier molecular flexibility index (Phi) is 4.46. The van der Waals surface area contributed by atoms with Gasteiger partial charge in [0.15, 0.2) is 0 Å². The molecule has 21 heavy (non-hydrogen) atoms. The maximum Gasteiger partial charge on any atom is 0.253 e. The molecule has 0 bridgehead atoms. The largest absolute Gasteiger partial charge is 0.253 e. The Morgan fingerprint density at radius 2 is 1.24 bits per heavy atom. The van der Waals surface area contributed by atoms with Crippen LogP contribution in [0, 0.1) is 0 Å². The van der Waals surface area contributed by atoms with E-state index in [0.29, 0.717) is 0 Å². The fourth-order valence-corrected chi connectivity index (χ4v) is 4.68. The van der Waals surface area contributed by atoms with Gasteiger partial charge in [-0.25, -0.2) is 16.8 Å². The van der Waals surface area contributed by atoms with Gasteiger partial charge >= 0.3 is 0 Å². The van der Waals surface area contributed by atoms with Crippen LogP contribution in [0.1, 0.15) is 12.5 Å². The van der Waals surface area contributed by atoms with Gasteiger partial charge in [-0.15, -0.1) is 4.13 Å². The summed E-state index contributed by atoms with van der Waals surface area (Å²) in [5.41, 5.74) is 0.972. The third-order valence-electron chi connectivity index (χ3n) is 2.91. The van der Waals surface area contributed by atoms with Gasteiger partial charge in [-0.2, -0.15) is 0 Å². The molecule has 0 aromatic heterocycles. The fraction of sp³-hybridized carbons (Fsp3) is 0.143. The van der Waals surface area contributed by atoms with Crippen LogP contribution in [-0.2, 0) is 26.5 Å². The Bertz CT molecular complexity index is 811. The molecule has 1 N–H and O–H groups in total. The van der Waals surface area contributed by atoms with Crippen LogP contribution < -0.4 is 4.13 Å². The highest BCUT2D eigenvalue weighted by molar-refractivity contribution is 8.04. The first-order valence-corrected chi connectivity index (χ1v) is 9.24. The zero-order valence-corrected chi connectivity index (χ0v) is 13.0. The average molecular weight is 325 g/mol. The van der Waals surface area contributed by atoms with Crippen molar-refractivity contribution in [2.24, 2.45) is 0 Å². The molecule has 0 radical (unpaired) electrons. The Balaban J connectivity index is 2.32.